The van der Waals surface area contributed by atoms with Crippen molar-refractivity contribution in [1.82, 2.24) is 15.3 Å². The number of carboxylic acids is 1. The van der Waals surface area contributed by atoms with Crippen molar-refractivity contribution in [2.24, 2.45) is 5.14 Å². The number of fused-ring (bicyclic) bond motifs is 2. The minimum absolute atomic E-state index is 0. The number of urea groups is 1. The Labute approximate surface area is 160 Å². The Bertz CT molecular complexity index is 731. The molecule has 0 aliphatic carbocycles. The molecule has 2 aliphatic rings. The van der Waals surface area contributed by atoms with Crippen molar-refractivity contribution in [3.63, 3.8) is 0 Å². The molecule has 26 heavy (non-hydrogen) atoms. The number of nitrogens with two attached hydrogens (primary N) is 1. The molecule has 0 unspecified atom stereocenters. The third-order valence-corrected chi connectivity index (χ3v) is 4.42. The number of amides is 3. The van der Waals surface area contributed by atoms with Gasteiger partial charge in [0, 0.05) is 6.54 Å². The van der Waals surface area contributed by atoms with Gasteiger partial charge in [-0.2, -0.15) is 5.06 Å². The summed E-state index contributed by atoms with van der Waals surface area (Å²) < 4.78 is 34.9. The largest absolute Gasteiger partial charge is 1.00 e. The van der Waals surface area contributed by atoms with Crippen LogP contribution in [0.2, 0.25) is 0 Å². The normalized spacial score (nSPS) is 23.2. The van der Waals surface area contributed by atoms with Crippen LogP contribution in [0.25, 0.3) is 0 Å². The second-order valence-corrected chi connectivity index (χ2v) is 7.27. The van der Waals surface area contributed by atoms with Crippen LogP contribution in [0.3, 0.4) is 0 Å². The molecule has 140 valence electrons. The van der Waals surface area contributed by atoms with E-state index in [-0.39, 0.29) is 32.0 Å². The monoisotopic (exact) mass is 386 g/mol. The summed E-state index contributed by atoms with van der Waals surface area (Å²) in [6.07, 6.45) is -1.37. The second kappa shape index (κ2) is 8.36. The second-order valence-electron chi connectivity index (χ2n) is 5.54. The van der Waals surface area contributed by atoms with Gasteiger partial charge in [-0.3, -0.25) is 4.79 Å². The Morgan fingerprint density at radius 3 is 2.69 bits per heavy atom. The zero-order valence-electron chi connectivity index (χ0n) is 14.0. The van der Waals surface area contributed by atoms with E-state index in [1.54, 1.807) is 6.92 Å². The van der Waals surface area contributed by atoms with Crippen molar-refractivity contribution >= 4 is 27.9 Å². The first-order chi connectivity index (χ1) is 11.5. The van der Waals surface area contributed by atoms with Crippen LogP contribution < -0.4 is 34.4 Å². The number of hydrogen-bond acceptors (Lipinski definition) is 7. The molecular weight excluding hydrogens is 370 g/mol. The van der Waals surface area contributed by atoms with Gasteiger partial charge in [-0.1, -0.05) is 6.08 Å². The van der Waals surface area contributed by atoms with Crippen LogP contribution in [0, 0.1) is 0 Å². The van der Waals surface area contributed by atoms with Gasteiger partial charge >= 0.3 is 24.9 Å². The average molecular weight is 386 g/mol. The van der Waals surface area contributed by atoms with Crippen molar-refractivity contribution in [2.45, 2.75) is 25.4 Å². The fourth-order valence-electron chi connectivity index (χ4n) is 2.63. The molecule has 14 heteroatoms. The van der Waals surface area contributed by atoms with Crippen LogP contribution in [0.15, 0.2) is 11.6 Å². The Kier molecular flexibility index (Phi) is 7.20. The van der Waals surface area contributed by atoms with Gasteiger partial charge in [-0.25, -0.2) is 27.6 Å². The van der Waals surface area contributed by atoms with E-state index in [0.717, 1.165) is 4.90 Å². The molecule has 0 radical (unpaired) electrons. The zero-order chi connectivity index (χ0) is 18.9. The molecule has 2 rings (SSSR count). The number of sulfonamides is 1. The summed E-state index contributed by atoms with van der Waals surface area (Å²) in [6, 6.07) is -2.72. The van der Waals surface area contributed by atoms with Gasteiger partial charge in [0.1, 0.15) is 12.0 Å². The first kappa shape index (κ1) is 22.4. The Balaban J connectivity index is 0.00000338. The number of alkyl halides is 1. The molecule has 2 aliphatic heterocycles. The SMILES string of the molecule is CC1=C[C@@H]2CN(C(=O)N2O[C@@H](F)C(=O)[O-])[C@@H]1C(=O)NCCS(N)(=O)=O.[Li+]. The molecule has 11 nitrogen and oxygen atoms in total. The third-order valence-electron chi connectivity index (χ3n) is 3.64. The number of carboxylic acid groups (broad SMARTS) is 1. The van der Waals surface area contributed by atoms with Gasteiger partial charge in [0.15, 0.2) is 0 Å². The predicted molar refractivity (Wildman–Crippen MR) is 77.2 cm³/mol. The van der Waals surface area contributed by atoms with Crippen LogP contribution in [-0.4, -0.2) is 73.6 Å². The van der Waals surface area contributed by atoms with Crippen molar-refractivity contribution in [3.8, 4) is 0 Å². The Morgan fingerprint density at radius 2 is 2.15 bits per heavy atom. The maximum atomic E-state index is 13.2. The Morgan fingerprint density at radius 1 is 1.54 bits per heavy atom. The maximum absolute atomic E-state index is 13.2. The minimum Gasteiger partial charge on any atom is -0.544 e. The summed E-state index contributed by atoms with van der Waals surface area (Å²) in [7, 11) is -3.76. The average Bonchev–Trinajstić information content (AvgIpc) is 2.71. The number of aliphatic carboxylic acids is 1. The van der Waals surface area contributed by atoms with Crippen LogP contribution in [0.4, 0.5) is 9.18 Å². The molecule has 0 aromatic carbocycles. The van der Waals surface area contributed by atoms with Gasteiger partial charge in [0.25, 0.3) is 6.36 Å². The number of hydroxylamine groups is 2. The molecule has 0 spiro atoms. The number of nitrogens with zero attached hydrogens (tertiary/aromatic N) is 2. The number of halogens is 1. The summed E-state index contributed by atoms with van der Waals surface area (Å²) >= 11 is 0. The minimum atomic E-state index is -3.76. The van der Waals surface area contributed by atoms with E-state index in [4.69, 9.17) is 5.14 Å². The van der Waals surface area contributed by atoms with E-state index in [0.29, 0.717) is 10.6 Å². The maximum Gasteiger partial charge on any atom is 1.00 e. The summed E-state index contributed by atoms with van der Waals surface area (Å²) in [5.74, 6) is -3.26. The van der Waals surface area contributed by atoms with Gasteiger partial charge in [0.05, 0.1) is 18.3 Å². The van der Waals surface area contributed by atoms with E-state index in [9.17, 15) is 32.3 Å². The van der Waals surface area contributed by atoms with E-state index in [2.05, 4.69) is 10.2 Å². The number of rotatable bonds is 7. The van der Waals surface area contributed by atoms with E-state index >= 15 is 0 Å². The molecule has 3 N–H and O–H groups in total. The first-order valence-electron chi connectivity index (χ1n) is 7.09. The predicted octanol–water partition coefficient (Wildman–Crippen LogP) is -6.19. The smallest absolute Gasteiger partial charge is 0.544 e. The van der Waals surface area contributed by atoms with Crippen molar-refractivity contribution in [3.05, 3.63) is 11.6 Å². The molecule has 1 saturated heterocycles. The van der Waals surface area contributed by atoms with Crippen LogP contribution in [0.5, 0.6) is 0 Å². The number of carbonyl (C=O) groups excluding carboxylic acids is 3. The summed E-state index contributed by atoms with van der Waals surface area (Å²) in [6.45, 7) is 1.28. The van der Waals surface area contributed by atoms with Crippen molar-refractivity contribution in [1.29, 1.82) is 0 Å². The van der Waals surface area contributed by atoms with Gasteiger partial charge in [-0.15, -0.1) is 0 Å². The van der Waals surface area contributed by atoms with E-state index in [1.165, 1.54) is 6.08 Å². The number of nitrogens with one attached hydrogen (secondary N) is 1. The van der Waals surface area contributed by atoms with E-state index in [1.807, 2.05) is 0 Å². The molecular formula is C12H16FLiN4O7S. The summed E-state index contributed by atoms with van der Waals surface area (Å²) in [5, 5.41) is 18.1. The molecule has 2 bridgehead atoms. The van der Waals surface area contributed by atoms with Gasteiger partial charge in [-0.05, 0) is 12.5 Å². The Hall–Kier alpha value is -1.65. The summed E-state index contributed by atoms with van der Waals surface area (Å²) in [4.78, 5) is 40.4. The molecule has 3 amide bonds. The fourth-order valence-corrected chi connectivity index (χ4v) is 3.01. The molecule has 2 heterocycles. The third kappa shape index (κ3) is 4.95. The van der Waals surface area contributed by atoms with Crippen molar-refractivity contribution in [2.75, 3.05) is 18.8 Å². The van der Waals surface area contributed by atoms with E-state index < -0.39 is 52.1 Å². The number of primary sulfonamides is 1. The topological polar surface area (TPSA) is 162 Å². The van der Waals surface area contributed by atoms with Gasteiger partial charge < -0.3 is 20.1 Å². The van der Waals surface area contributed by atoms with Crippen LogP contribution in [0.1, 0.15) is 6.92 Å². The quantitative estimate of drug-likeness (QED) is 0.325. The van der Waals surface area contributed by atoms with Crippen molar-refractivity contribution < 1.29 is 56.0 Å². The van der Waals surface area contributed by atoms with Gasteiger partial charge in [0.2, 0.25) is 15.9 Å². The van der Waals surface area contributed by atoms with Crippen LogP contribution in [-0.2, 0) is 24.4 Å². The molecule has 0 aromatic heterocycles. The first-order valence-corrected chi connectivity index (χ1v) is 8.81. The molecule has 3 atom stereocenters. The number of hydrogen-bond donors (Lipinski definition) is 2. The standard InChI is InChI=1S/C12H17FN4O7S.Li/c1-6-4-7-5-16(12(21)17(7)24-9(13)11(19)20)8(6)10(18)15-2-3-25(14,22)23;/h4,7-9H,2-3,5H2,1H3,(H,15,18)(H,19,20)(H2,14,22,23);/q;+1/p-1/t7-,8+,9-;/m1./s1. The fraction of sp³-hybridized carbons (Fsp3) is 0.583. The zero-order valence-corrected chi connectivity index (χ0v) is 14.9. The number of carbonyl (C=O) groups is 3. The van der Waals surface area contributed by atoms with Crippen LogP contribution >= 0.6 is 0 Å². The summed E-state index contributed by atoms with van der Waals surface area (Å²) in [5.41, 5.74) is 0.438. The molecule has 0 aromatic rings. The molecule has 0 saturated carbocycles. The molecule has 1 fully saturated rings.